The summed E-state index contributed by atoms with van der Waals surface area (Å²) >= 11 is -1.36. The van der Waals surface area contributed by atoms with Gasteiger partial charge in [-0.1, -0.05) is 42.5 Å². The molecular formula is C26H25FN2O4S. The lowest BCUT2D eigenvalue weighted by atomic mass is 10.1. The highest BCUT2D eigenvalue weighted by atomic mass is 32.2. The third kappa shape index (κ3) is 6.02. The van der Waals surface area contributed by atoms with E-state index in [1.807, 2.05) is 10.4 Å². The van der Waals surface area contributed by atoms with Crippen molar-refractivity contribution in [3.8, 4) is 5.75 Å². The Labute approximate surface area is 201 Å². The Balaban J connectivity index is 1.32. The standard InChI is InChI=1S/C26H25FN2O4S/c27-20-10-12-22(13-11-20)34(32)29-16-14-21(15-17-29)33-25-9-5-4-8-23(25)26(31)28-18-24(30)19-6-2-1-3-7-19/h1-13,21H,14-18H2,(H,28,31). The average molecular weight is 481 g/mol. The van der Waals surface area contributed by atoms with Crippen LogP contribution >= 0.6 is 0 Å². The first-order valence-electron chi connectivity index (χ1n) is 11.1. The summed E-state index contributed by atoms with van der Waals surface area (Å²) in [6, 6.07) is 21.4. The van der Waals surface area contributed by atoms with Gasteiger partial charge in [-0.2, -0.15) is 0 Å². The van der Waals surface area contributed by atoms with Gasteiger partial charge in [-0.15, -0.1) is 4.31 Å². The van der Waals surface area contributed by atoms with Gasteiger partial charge in [0.15, 0.2) is 10.7 Å². The molecule has 1 unspecified atom stereocenters. The van der Waals surface area contributed by atoms with E-state index in [0.717, 1.165) is 0 Å². The van der Waals surface area contributed by atoms with Crippen molar-refractivity contribution in [3.05, 3.63) is 95.8 Å². The number of hydrogen-bond donors (Lipinski definition) is 1. The fraction of sp³-hybridized carbons (Fsp3) is 0.231. The molecule has 6 nitrogen and oxygen atoms in total. The van der Waals surface area contributed by atoms with E-state index in [9.17, 15) is 18.5 Å². The molecule has 8 heteroatoms. The Bertz CT molecular complexity index is 1120. The third-order valence-corrected chi connectivity index (χ3v) is 7.09. The van der Waals surface area contributed by atoms with Crippen molar-refractivity contribution >= 4 is 23.1 Å². The van der Waals surface area contributed by atoms with Crippen LogP contribution in [-0.2, 0) is 11.4 Å². The molecule has 3 aromatic rings. The average Bonchev–Trinajstić information content (AvgIpc) is 2.88. The summed E-state index contributed by atoms with van der Waals surface area (Å²) in [5.41, 5.74) is 0.901. The Hall–Kier alpha value is -3.20. The van der Waals surface area contributed by atoms with Gasteiger partial charge < -0.3 is 14.6 Å². The number of carbonyl (C=O) groups excluding carboxylic acids is 2. The summed E-state index contributed by atoms with van der Waals surface area (Å²) in [6.07, 6.45) is 1.13. The lowest BCUT2D eigenvalue weighted by Gasteiger charge is -2.32. The molecule has 1 saturated heterocycles. The summed E-state index contributed by atoms with van der Waals surface area (Å²) in [7, 11) is 0. The van der Waals surface area contributed by atoms with Gasteiger partial charge in [0.25, 0.3) is 5.91 Å². The van der Waals surface area contributed by atoms with Crippen LogP contribution in [0.3, 0.4) is 0 Å². The Kier molecular flexibility index (Phi) is 7.95. The van der Waals surface area contributed by atoms with E-state index in [1.54, 1.807) is 48.5 Å². The number of para-hydroxylation sites is 1. The molecule has 1 aliphatic rings. The maximum absolute atomic E-state index is 13.1. The van der Waals surface area contributed by atoms with E-state index in [1.165, 1.54) is 24.3 Å². The molecule has 1 fully saturated rings. The molecule has 1 N–H and O–H groups in total. The van der Waals surface area contributed by atoms with Crippen LogP contribution in [0.15, 0.2) is 83.8 Å². The zero-order valence-electron chi connectivity index (χ0n) is 18.5. The van der Waals surface area contributed by atoms with E-state index in [0.29, 0.717) is 47.7 Å². The van der Waals surface area contributed by atoms with Crippen LogP contribution in [0.5, 0.6) is 5.75 Å². The molecule has 0 aliphatic carbocycles. The topological polar surface area (TPSA) is 81.7 Å². The second-order valence-electron chi connectivity index (χ2n) is 7.92. The monoisotopic (exact) mass is 480 g/mol. The van der Waals surface area contributed by atoms with E-state index in [-0.39, 0.29) is 30.2 Å². The van der Waals surface area contributed by atoms with Gasteiger partial charge in [-0.3, -0.25) is 9.59 Å². The minimum atomic E-state index is -1.36. The van der Waals surface area contributed by atoms with Gasteiger partial charge in [-0.05, 0) is 36.4 Å². The molecular weight excluding hydrogens is 455 g/mol. The number of nitrogens with one attached hydrogen (secondary N) is 1. The predicted octanol–water partition coefficient (Wildman–Crippen LogP) is 4.00. The summed E-state index contributed by atoms with van der Waals surface area (Å²) in [5, 5.41) is 2.68. The van der Waals surface area contributed by atoms with Crippen LogP contribution in [0.1, 0.15) is 33.6 Å². The highest BCUT2D eigenvalue weighted by Gasteiger charge is 2.30. The number of ketones is 1. The van der Waals surface area contributed by atoms with Crippen LogP contribution in [0, 0.1) is 5.82 Å². The molecule has 0 saturated carbocycles. The second-order valence-corrected chi connectivity index (χ2v) is 9.40. The number of hydrogen-bond acceptors (Lipinski definition) is 5. The number of halogens is 1. The number of rotatable bonds is 8. The van der Waals surface area contributed by atoms with Crippen molar-refractivity contribution in [1.82, 2.24) is 9.62 Å². The normalized spacial score (nSPS) is 15.5. The number of Topliss-reactive ketones (excluding diaryl/α,β-unsaturated/α-hetero) is 1. The molecule has 34 heavy (non-hydrogen) atoms. The van der Waals surface area contributed by atoms with E-state index in [2.05, 4.69) is 5.32 Å². The maximum atomic E-state index is 13.1. The van der Waals surface area contributed by atoms with Crippen molar-refractivity contribution in [2.45, 2.75) is 23.8 Å². The van der Waals surface area contributed by atoms with Crippen LogP contribution < -0.4 is 10.1 Å². The highest BCUT2D eigenvalue weighted by Crippen LogP contribution is 2.26. The molecule has 1 atom stereocenters. The SMILES string of the molecule is O=C(CNC(=O)c1ccccc1OC1CCN([S+]([O-])c2ccc(F)cc2)CC1)c1ccccc1. The number of nitrogens with zero attached hydrogens (tertiary/aromatic N) is 1. The van der Waals surface area contributed by atoms with Gasteiger partial charge in [0.05, 0.1) is 23.5 Å². The molecule has 3 aromatic carbocycles. The summed E-state index contributed by atoms with van der Waals surface area (Å²) in [6.45, 7) is 0.994. The molecule has 0 aromatic heterocycles. The quantitative estimate of drug-likeness (QED) is 0.389. The van der Waals surface area contributed by atoms with Crippen molar-refractivity contribution in [2.75, 3.05) is 19.6 Å². The minimum Gasteiger partial charge on any atom is -0.593 e. The van der Waals surface area contributed by atoms with Gasteiger partial charge in [0.1, 0.15) is 17.7 Å². The molecule has 1 heterocycles. The molecule has 0 spiro atoms. The summed E-state index contributed by atoms with van der Waals surface area (Å²) < 4.78 is 33.8. The predicted molar refractivity (Wildman–Crippen MR) is 128 cm³/mol. The lowest BCUT2D eigenvalue weighted by molar-refractivity contribution is 0.0894. The smallest absolute Gasteiger partial charge is 0.255 e. The van der Waals surface area contributed by atoms with E-state index < -0.39 is 11.4 Å². The molecule has 1 aliphatic heterocycles. The van der Waals surface area contributed by atoms with Crippen molar-refractivity contribution in [2.24, 2.45) is 0 Å². The van der Waals surface area contributed by atoms with Crippen molar-refractivity contribution < 1.29 is 23.3 Å². The molecule has 4 rings (SSSR count). The largest absolute Gasteiger partial charge is 0.593 e. The number of benzene rings is 3. The van der Waals surface area contributed by atoms with Gasteiger partial charge in [-0.25, -0.2) is 4.39 Å². The van der Waals surface area contributed by atoms with Crippen LogP contribution in [-0.4, -0.2) is 46.3 Å². The third-order valence-electron chi connectivity index (χ3n) is 5.58. The van der Waals surface area contributed by atoms with E-state index >= 15 is 0 Å². The first-order chi connectivity index (χ1) is 16.5. The fourth-order valence-corrected chi connectivity index (χ4v) is 4.94. The Morgan fingerprint density at radius 3 is 2.32 bits per heavy atom. The second kappa shape index (κ2) is 11.3. The highest BCUT2D eigenvalue weighted by molar-refractivity contribution is 7.89. The van der Waals surface area contributed by atoms with Gasteiger partial charge >= 0.3 is 0 Å². The lowest BCUT2D eigenvalue weighted by Crippen LogP contribution is -2.41. The number of piperidine rings is 1. The zero-order valence-corrected chi connectivity index (χ0v) is 19.3. The summed E-state index contributed by atoms with van der Waals surface area (Å²) in [4.78, 5) is 25.6. The summed E-state index contributed by atoms with van der Waals surface area (Å²) in [5.74, 6) is -0.464. The molecule has 176 valence electrons. The molecule has 1 amide bonds. The minimum absolute atomic E-state index is 0.106. The van der Waals surface area contributed by atoms with E-state index in [4.69, 9.17) is 4.74 Å². The molecule has 0 bridgehead atoms. The van der Waals surface area contributed by atoms with Crippen molar-refractivity contribution in [3.63, 3.8) is 0 Å². The fourth-order valence-electron chi connectivity index (χ4n) is 3.73. The maximum Gasteiger partial charge on any atom is 0.255 e. The van der Waals surface area contributed by atoms with Crippen molar-refractivity contribution in [1.29, 1.82) is 0 Å². The number of carbonyl (C=O) groups is 2. The van der Waals surface area contributed by atoms with Gasteiger partial charge in [0, 0.05) is 31.5 Å². The van der Waals surface area contributed by atoms with Crippen LogP contribution in [0.4, 0.5) is 4.39 Å². The number of ether oxygens (including phenoxy) is 1. The van der Waals surface area contributed by atoms with Crippen LogP contribution in [0.2, 0.25) is 0 Å². The Morgan fingerprint density at radius 2 is 1.62 bits per heavy atom. The first-order valence-corrected chi connectivity index (χ1v) is 12.2. The first kappa shape index (κ1) is 23.9. The number of amides is 1. The van der Waals surface area contributed by atoms with Crippen LogP contribution in [0.25, 0.3) is 0 Å². The Morgan fingerprint density at radius 1 is 0.971 bits per heavy atom. The zero-order chi connectivity index (χ0) is 23.9. The molecule has 0 radical (unpaired) electrons. The van der Waals surface area contributed by atoms with Gasteiger partial charge in [0.2, 0.25) is 0 Å².